The summed E-state index contributed by atoms with van der Waals surface area (Å²) in [7, 11) is 0. The molecule has 0 aliphatic heterocycles. The Labute approximate surface area is 91.9 Å². The molecule has 0 spiro atoms. The maximum Gasteiger partial charge on any atom is 0.140 e. The van der Waals surface area contributed by atoms with Crippen LogP contribution in [0, 0.1) is 5.92 Å². The predicted octanol–water partition coefficient (Wildman–Crippen LogP) is 1.68. The van der Waals surface area contributed by atoms with E-state index in [4.69, 9.17) is 10.9 Å². The molecule has 4 N–H and O–H groups in total. The van der Waals surface area contributed by atoms with Crippen LogP contribution in [0.4, 0.5) is 0 Å². The molecule has 15 heavy (non-hydrogen) atoms. The molecule has 0 radical (unpaired) electrons. The SMILES string of the molecule is CC(CC(N)=NO)NC(C)C1CCCC1. The fourth-order valence-electron chi connectivity index (χ4n) is 2.46. The van der Waals surface area contributed by atoms with Crippen molar-refractivity contribution in [2.45, 2.75) is 58.0 Å². The van der Waals surface area contributed by atoms with Gasteiger partial charge in [-0.05, 0) is 32.6 Å². The molecule has 4 heteroatoms. The largest absolute Gasteiger partial charge is 0.409 e. The summed E-state index contributed by atoms with van der Waals surface area (Å²) >= 11 is 0. The lowest BCUT2D eigenvalue weighted by molar-refractivity contribution is 0.313. The van der Waals surface area contributed by atoms with E-state index >= 15 is 0 Å². The van der Waals surface area contributed by atoms with Crippen molar-refractivity contribution in [2.75, 3.05) is 0 Å². The summed E-state index contributed by atoms with van der Waals surface area (Å²) in [6, 6.07) is 0.811. The van der Waals surface area contributed by atoms with Crippen LogP contribution in [0.25, 0.3) is 0 Å². The summed E-state index contributed by atoms with van der Waals surface area (Å²) in [6.07, 6.45) is 6.01. The Bertz CT molecular complexity index is 212. The average molecular weight is 213 g/mol. The van der Waals surface area contributed by atoms with Gasteiger partial charge in [0.25, 0.3) is 0 Å². The van der Waals surface area contributed by atoms with E-state index < -0.39 is 0 Å². The molecule has 1 rings (SSSR count). The maximum atomic E-state index is 8.46. The molecule has 1 saturated carbocycles. The first-order chi connectivity index (χ1) is 7.13. The summed E-state index contributed by atoms with van der Waals surface area (Å²) in [5, 5.41) is 15.0. The Morgan fingerprint density at radius 2 is 2.07 bits per heavy atom. The van der Waals surface area contributed by atoms with Gasteiger partial charge in [-0.25, -0.2) is 0 Å². The van der Waals surface area contributed by atoms with Crippen LogP contribution in [0.1, 0.15) is 46.0 Å². The molecular weight excluding hydrogens is 190 g/mol. The number of amidine groups is 1. The number of nitrogens with zero attached hydrogens (tertiary/aromatic N) is 1. The highest BCUT2D eigenvalue weighted by atomic mass is 16.4. The van der Waals surface area contributed by atoms with Crippen molar-refractivity contribution in [3.63, 3.8) is 0 Å². The summed E-state index contributed by atoms with van der Waals surface area (Å²) in [5.74, 6) is 1.10. The maximum absolute atomic E-state index is 8.46. The van der Waals surface area contributed by atoms with E-state index in [0.29, 0.717) is 18.3 Å². The Morgan fingerprint density at radius 3 is 2.60 bits per heavy atom. The Kier molecular flexibility index (Phi) is 4.88. The first-order valence-electron chi connectivity index (χ1n) is 5.86. The lowest BCUT2D eigenvalue weighted by Gasteiger charge is -2.24. The fraction of sp³-hybridized carbons (Fsp3) is 0.909. The predicted molar refractivity (Wildman–Crippen MR) is 62.0 cm³/mol. The van der Waals surface area contributed by atoms with Gasteiger partial charge in [-0.3, -0.25) is 0 Å². The topological polar surface area (TPSA) is 70.6 Å². The van der Waals surface area contributed by atoms with Crippen LogP contribution in [-0.2, 0) is 0 Å². The molecule has 0 aromatic carbocycles. The molecule has 4 nitrogen and oxygen atoms in total. The highest BCUT2D eigenvalue weighted by molar-refractivity contribution is 5.80. The third-order valence-electron chi connectivity index (χ3n) is 3.30. The molecular formula is C11H23N3O. The van der Waals surface area contributed by atoms with Crippen LogP contribution in [-0.4, -0.2) is 23.1 Å². The van der Waals surface area contributed by atoms with E-state index in [1.165, 1.54) is 25.7 Å². The van der Waals surface area contributed by atoms with Crippen molar-refractivity contribution in [2.24, 2.45) is 16.8 Å². The summed E-state index contributed by atoms with van der Waals surface area (Å²) in [6.45, 7) is 4.31. The molecule has 0 heterocycles. The van der Waals surface area contributed by atoms with E-state index in [1.807, 2.05) is 0 Å². The molecule has 1 aliphatic rings. The minimum atomic E-state index is 0.275. The minimum absolute atomic E-state index is 0.275. The fourth-order valence-corrected chi connectivity index (χ4v) is 2.46. The van der Waals surface area contributed by atoms with Gasteiger partial charge in [-0.2, -0.15) is 0 Å². The van der Waals surface area contributed by atoms with E-state index in [0.717, 1.165) is 5.92 Å². The molecule has 2 unspecified atom stereocenters. The molecule has 2 atom stereocenters. The molecule has 1 aliphatic carbocycles. The van der Waals surface area contributed by atoms with Gasteiger partial charge in [0.05, 0.1) is 0 Å². The Balaban J connectivity index is 2.27. The quantitative estimate of drug-likeness (QED) is 0.281. The summed E-state index contributed by atoms with van der Waals surface area (Å²) < 4.78 is 0. The van der Waals surface area contributed by atoms with Crippen molar-refractivity contribution in [3.8, 4) is 0 Å². The number of nitrogens with two attached hydrogens (primary N) is 1. The van der Waals surface area contributed by atoms with Gasteiger partial charge in [-0.1, -0.05) is 18.0 Å². The summed E-state index contributed by atoms with van der Waals surface area (Å²) in [4.78, 5) is 0. The lowest BCUT2D eigenvalue weighted by atomic mass is 9.99. The molecule has 0 amide bonds. The standard InChI is InChI=1S/C11H23N3O/c1-8(7-11(12)14-15)13-9(2)10-5-3-4-6-10/h8-10,13,15H,3-7H2,1-2H3,(H2,12,14). The van der Waals surface area contributed by atoms with Crippen LogP contribution in [0.15, 0.2) is 5.16 Å². The second-order valence-electron chi connectivity index (χ2n) is 4.70. The monoisotopic (exact) mass is 213 g/mol. The van der Waals surface area contributed by atoms with Crippen LogP contribution < -0.4 is 11.1 Å². The summed E-state index contributed by atoms with van der Waals surface area (Å²) in [5.41, 5.74) is 5.46. The minimum Gasteiger partial charge on any atom is -0.409 e. The van der Waals surface area contributed by atoms with Crippen molar-refractivity contribution in [1.82, 2.24) is 5.32 Å². The van der Waals surface area contributed by atoms with Gasteiger partial charge >= 0.3 is 0 Å². The second kappa shape index (κ2) is 5.95. The highest BCUT2D eigenvalue weighted by Crippen LogP contribution is 2.27. The molecule has 0 aromatic heterocycles. The van der Waals surface area contributed by atoms with Crippen LogP contribution >= 0.6 is 0 Å². The third-order valence-corrected chi connectivity index (χ3v) is 3.30. The second-order valence-corrected chi connectivity index (χ2v) is 4.70. The van der Waals surface area contributed by atoms with E-state index in [1.54, 1.807) is 0 Å². The molecule has 0 bridgehead atoms. The zero-order valence-corrected chi connectivity index (χ0v) is 9.74. The molecule has 88 valence electrons. The number of nitrogens with one attached hydrogen (secondary N) is 1. The number of oxime groups is 1. The van der Waals surface area contributed by atoms with Crippen LogP contribution in [0.2, 0.25) is 0 Å². The first-order valence-corrected chi connectivity index (χ1v) is 5.86. The number of hydrogen-bond acceptors (Lipinski definition) is 3. The zero-order chi connectivity index (χ0) is 11.3. The van der Waals surface area contributed by atoms with E-state index in [9.17, 15) is 0 Å². The zero-order valence-electron chi connectivity index (χ0n) is 9.74. The van der Waals surface area contributed by atoms with Gasteiger partial charge in [-0.15, -0.1) is 0 Å². The van der Waals surface area contributed by atoms with Gasteiger partial charge in [0.1, 0.15) is 5.84 Å². The van der Waals surface area contributed by atoms with Gasteiger partial charge in [0.2, 0.25) is 0 Å². The molecule has 1 fully saturated rings. The van der Waals surface area contributed by atoms with Crippen LogP contribution in [0.5, 0.6) is 0 Å². The smallest absolute Gasteiger partial charge is 0.140 e. The average Bonchev–Trinajstić information content (AvgIpc) is 2.70. The van der Waals surface area contributed by atoms with Crippen molar-refractivity contribution < 1.29 is 5.21 Å². The van der Waals surface area contributed by atoms with E-state index in [2.05, 4.69) is 24.3 Å². The van der Waals surface area contributed by atoms with Gasteiger partial charge in [0.15, 0.2) is 0 Å². The highest BCUT2D eigenvalue weighted by Gasteiger charge is 2.22. The molecule has 0 saturated heterocycles. The Hall–Kier alpha value is -0.770. The Morgan fingerprint density at radius 1 is 1.47 bits per heavy atom. The third kappa shape index (κ3) is 4.08. The van der Waals surface area contributed by atoms with E-state index in [-0.39, 0.29) is 6.04 Å². The first kappa shape index (κ1) is 12.3. The van der Waals surface area contributed by atoms with Crippen molar-refractivity contribution in [3.05, 3.63) is 0 Å². The lowest BCUT2D eigenvalue weighted by Crippen LogP contribution is -2.40. The van der Waals surface area contributed by atoms with Gasteiger partial charge in [0, 0.05) is 18.5 Å². The molecule has 0 aromatic rings. The van der Waals surface area contributed by atoms with Crippen molar-refractivity contribution in [1.29, 1.82) is 0 Å². The number of hydrogen-bond donors (Lipinski definition) is 3. The van der Waals surface area contributed by atoms with Crippen molar-refractivity contribution >= 4 is 5.84 Å². The van der Waals surface area contributed by atoms with Gasteiger partial charge < -0.3 is 16.3 Å². The normalized spacial score (nSPS) is 22.9. The van der Waals surface area contributed by atoms with Crippen LogP contribution in [0.3, 0.4) is 0 Å². The number of rotatable bonds is 5.